The zero-order valence-corrected chi connectivity index (χ0v) is 15.6. The summed E-state index contributed by atoms with van der Waals surface area (Å²) in [5.74, 6) is -34.6. The molecule has 0 aliphatic rings. The average Bonchev–Trinajstić information content (AvgIpc) is 2.57. The van der Waals surface area contributed by atoms with Crippen LogP contribution in [0.15, 0.2) is 0 Å². The van der Waals surface area contributed by atoms with Crippen molar-refractivity contribution >= 4 is 5.97 Å². The van der Waals surface area contributed by atoms with Crippen LogP contribution < -0.4 is 0 Å². The Bertz CT molecular complexity index is 656. The molecule has 0 aromatic carbocycles. The number of halogens is 15. The second-order valence-electron chi connectivity index (χ2n) is 6.28. The number of carbonyl (C=O) groups is 1. The summed E-state index contributed by atoms with van der Waals surface area (Å²) in [4.78, 5) is 11.2. The highest BCUT2D eigenvalue weighted by atomic mass is 19.4. The van der Waals surface area contributed by atoms with Gasteiger partial charge in [-0.25, -0.2) is 0 Å². The van der Waals surface area contributed by atoms with Crippen molar-refractivity contribution < 1.29 is 80.1 Å². The molecule has 0 saturated carbocycles. The van der Waals surface area contributed by atoms with E-state index in [4.69, 9.17) is 0 Å². The molecule has 1 unspecified atom stereocenters. The molecule has 0 aliphatic carbocycles. The van der Waals surface area contributed by atoms with Crippen LogP contribution >= 0.6 is 0 Å². The van der Waals surface area contributed by atoms with E-state index in [9.17, 15) is 70.7 Å². The molecule has 0 rings (SSSR count). The number of esters is 1. The predicted molar refractivity (Wildman–Crippen MR) is 71.9 cm³/mol. The van der Waals surface area contributed by atoms with Crippen LogP contribution in [0, 0.1) is 5.92 Å². The highest BCUT2D eigenvalue weighted by Crippen LogP contribution is 2.60. The molecule has 0 aromatic heterocycles. The molecule has 0 radical (unpaired) electrons. The van der Waals surface area contributed by atoms with Crippen LogP contribution in [0.1, 0.15) is 26.7 Å². The second kappa shape index (κ2) is 8.96. The SMILES string of the molecule is CCC(C)C(=O)OCCC(F)(F)OC(F)(F)C(F)(F)C(F)(F)C(F)(F)C(F)(F)C(F)(F)F. The molecule has 0 N–H and O–H groups in total. The first-order valence-corrected chi connectivity index (χ1v) is 8.02. The molecule has 0 amide bonds. The fourth-order valence-corrected chi connectivity index (χ4v) is 1.64. The van der Waals surface area contributed by atoms with Gasteiger partial charge in [-0.1, -0.05) is 13.8 Å². The summed E-state index contributed by atoms with van der Waals surface area (Å²) in [6.07, 6.45) is -22.8. The van der Waals surface area contributed by atoms with Gasteiger partial charge in [0, 0.05) is 0 Å². The Morgan fingerprint density at radius 3 is 1.50 bits per heavy atom. The third-order valence-electron chi connectivity index (χ3n) is 3.83. The van der Waals surface area contributed by atoms with Gasteiger partial charge in [-0.3, -0.25) is 9.53 Å². The third-order valence-corrected chi connectivity index (χ3v) is 3.83. The van der Waals surface area contributed by atoms with E-state index in [0.717, 1.165) is 0 Å². The van der Waals surface area contributed by atoms with Crippen molar-refractivity contribution in [2.45, 2.75) is 68.8 Å². The van der Waals surface area contributed by atoms with Crippen LogP contribution in [0.3, 0.4) is 0 Å². The summed E-state index contributed by atoms with van der Waals surface area (Å²) >= 11 is 0. The summed E-state index contributed by atoms with van der Waals surface area (Å²) in [6.45, 7) is 1.09. The van der Waals surface area contributed by atoms with Crippen LogP contribution in [0.25, 0.3) is 0 Å². The van der Waals surface area contributed by atoms with Gasteiger partial charge in [0.2, 0.25) is 0 Å². The summed E-state index contributed by atoms with van der Waals surface area (Å²) in [7, 11) is 0. The Hall–Kier alpha value is -1.62. The number of alkyl halides is 15. The molecular formula is C14H13F15O3. The van der Waals surface area contributed by atoms with Crippen LogP contribution in [-0.2, 0) is 14.3 Å². The number of hydrogen-bond donors (Lipinski definition) is 0. The number of ether oxygens (including phenoxy) is 2. The van der Waals surface area contributed by atoms with Gasteiger partial charge in [0.05, 0.1) is 18.9 Å². The first-order chi connectivity index (χ1) is 13.8. The van der Waals surface area contributed by atoms with E-state index in [2.05, 4.69) is 9.47 Å². The number of hydrogen-bond acceptors (Lipinski definition) is 3. The van der Waals surface area contributed by atoms with E-state index in [1.165, 1.54) is 13.8 Å². The minimum atomic E-state index is -8.26. The lowest BCUT2D eigenvalue weighted by molar-refractivity contribution is -0.492. The molecule has 0 aromatic rings. The molecule has 0 heterocycles. The topological polar surface area (TPSA) is 35.5 Å². The van der Waals surface area contributed by atoms with Crippen molar-refractivity contribution in [3.05, 3.63) is 0 Å². The van der Waals surface area contributed by atoms with Crippen molar-refractivity contribution in [3.63, 3.8) is 0 Å². The van der Waals surface area contributed by atoms with Crippen LogP contribution in [0.5, 0.6) is 0 Å². The molecule has 0 saturated heterocycles. The Balaban J connectivity index is 5.77. The van der Waals surface area contributed by atoms with E-state index in [1.54, 1.807) is 0 Å². The van der Waals surface area contributed by atoms with Gasteiger partial charge in [0.1, 0.15) is 0 Å². The first-order valence-electron chi connectivity index (χ1n) is 8.02. The van der Waals surface area contributed by atoms with Crippen molar-refractivity contribution in [1.29, 1.82) is 0 Å². The molecule has 1 atom stereocenters. The standard InChI is InChI=1S/C14H13F15O3/c1-3-6(2)7(30)31-5-4-8(15,16)32-14(28,29)12(23,24)10(19,20)9(17,18)11(21,22)13(25,26)27/h6H,3-5H2,1-2H3. The van der Waals surface area contributed by atoms with E-state index < -0.39 is 67.0 Å². The molecule has 0 aliphatic heterocycles. The molecular weight excluding hydrogens is 501 g/mol. The Morgan fingerprint density at radius 1 is 0.719 bits per heavy atom. The van der Waals surface area contributed by atoms with E-state index in [1.807, 2.05) is 0 Å². The smallest absolute Gasteiger partial charge is 0.460 e. The monoisotopic (exact) mass is 514 g/mol. The average molecular weight is 514 g/mol. The molecule has 3 nitrogen and oxygen atoms in total. The molecule has 0 spiro atoms. The molecule has 0 fully saturated rings. The minimum absolute atomic E-state index is 0.0991. The maximum Gasteiger partial charge on any atom is 0.460 e. The summed E-state index contributed by atoms with van der Waals surface area (Å²) in [5, 5.41) is 0. The van der Waals surface area contributed by atoms with Crippen molar-refractivity contribution in [1.82, 2.24) is 0 Å². The molecule has 192 valence electrons. The zero-order chi connectivity index (χ0) is 26.2. The van der Waals surface area contributed by atoms with Crippen LogP contribution in [0.2, 0.25) is 0 Å². The van der Waals surface area contributed by atoms with E-state index in [0.29, 0.717) is 0 Å². The maximum atomic E-state index is 13.3. The van der Waals surface area contributed by atoms with Crippen LogP contribution in [0.4, 0.5) is 65.9 Å². The Kier molecular flexibility index (Phi) is 8.51. The van der Waals surface area contributed by atoms with Gasteiger partial charge in [-0.2, -0.15) is 65.9 Å². The van der Waals surface area contributed by atoms with Gasteiger partial charge in [0.25, 0.3) is 0 Å². The molecule has 18 heteroatoms. The first kappa shape index (κ1) is 30.4. The van der Waals surface area contributed by atoms with Crippen molar-refractivity contribution in [3.8, 4) is 0 Å². The highest BCUT2D eigenvalue weighted by molar-refractivity contribution is 5.71. The normalized spacial score (nSPS) is 16.2. The van der Waals surface area contributed by atoms with Crippen molar-refractivity contribution in [2.75, 3.05) is 6.61 Å². The maximum absolute atomic E-state index is 13.3. The van der Waals surface area contributed by atoms with E-state index in [-0.39, 0.29) is 6.42 Å². The summed E-state index contributed by atoms with van der Waals surface area (Å²) in [6, 6.07) is 0. The van der Waals surface area contributed by atoms with Gasteiger partial charge >= 0.3 is 48.1 Å². The van der Waals surface area contributed by atoms with Gasteiger partial charge in [0.15, 0.2) is 0 Å². The quantitative estimate of drug-likeness (QED) is 0.241. The number of carbonyl (C=O) groups excluding carboxylic acids is 1. The molecule has 0 bridgehead atoms. The minimum Gasteiger partial charge on any atom is -0.465 e. The fourth-order valence-electron chi connectivity index (χ4n) is 1.64. The lowest BCUT2D eigenvalue weighted by atomic mass is 9.97. The van der Waals surface area contributed by atoms with Gasteiger partial charge < -0.3 is 4.74 Å². The second-order valence-corrected chi connectivity index (χ2v) is 6.28. The largest absolute Gasteiger partial charge is 0.465 e. The Labute approximate surface area is 168 Å². The lowest BCUT2D eigenvalue weighted by Gasteiger charge is -2.39. The van der Waals surface area contributed by atoms with Gasteiger partial charge in [-0.15, -0.1) is 0 Å². The predicted octanol–water partition coefficient (Wildman–Crippen LogP) is 6.27. The molecule has 32 heavy (non-hydrogen) atoms. The summed E-state index contributed by atoms with van der Waals surface area (Å²) < 4.78 is 199. The summed E-state index contributed by atoms with van der Waals surface area (Å²) in [5.41, 5.74) is 0. The number of rotatable bonds is 11. The zero-order valence-electron chi connectivity index (χ0n) is 15.6. The highest BCUT2D eigenvalue weighted by Gasteiger charge is 2.91. The third kappa shape index (κ3) is 5.47. The van der Waals surface area contributed by atoms with Crippen molar-refractivity contribution in [2.24, 2.45) is 5.92 Å². The Morgan fingerprint density at radius 2 is 1.12 bits per heavy atom. The van der Waals surface area contributed by atoms with E-state index >= 15 is 0 Å². The van der Waals surface area contributed by atoms with Gasteiger partial charge in [-0.05, 0) is 6.42 Å². The fraction of sp³-hybridized carbons (Fsp3) is 0.929. The van der Waals surface area contributed by atoms with Crippen LogP contribution in [-0.4, -0.2) is 54.7 Å². The lowest BCUT2D eigenvalue weighted by Crippen LogP contribution is -2.70.